The molecule has 0 aliphatic rings. The number of nitrogens with one attached hydrogen (secondary N) is 2. The fraction of sp³-hybridized carbons (Fsp3) is 0.294. The summed E-state index contributed by atoms with van der Waals surface area (Å²) in [5, 5.41) is 6.35. The number of guanidine groups is 1. The van der Waals surface area contributed by atoms with Gasteiger partial charge in [-0.2, -0.15) is 0 Å². The van der Waals surface area contributed by atoms with Gasteiger partial charge in [-0.15, -0.1) is 24.0 Å². The second-order valence-corrected chi connectivity index (χ2v) is 4.91. The Bertz CT molecular complexity index is 646. The first-order valence-corrected chi connectivity index (χ1v) is 7.37. The van der Waals surface area contributed by atoms with Crippen molar-refractivity contribution in [1.29, 1.82) is 0 Å². The summed E-state index contributed by atoms with van der Waals surface area (Å²) in [6.07, 6.45) is 0. The quantitative estimate of drug-likeness (QED) is 0.436. The molecule has 0 fully saturated rings. The van der Waals surface area contributed by atoms with Gasteiger partial charge < -0.3 is 10.6 Å². The van der Waals surface area contributed by atoms with Crippen LogP contribution in [-0.2, 0) is 13.1 Å². The Balaban J connectivity index is 0.00000264. The first-order chi connectivity index (χ1) is 10.7. The van der Waals surface area contributed by atoms with Crippen LogP contribution in [0.5, 0.6) is 0 Å². The molecular weight excluding hydrogens is 406 g/mol. The Morgan fingerprint density at radius 3 is 2.61 bits per heavy atom. The van der Waals surface area contributed by atoms with Crippen LogP contribution in [0.4, 0.5) is 4.39 Å². The smallest absolute Gasteiger partial charge is 0.191 e. The second-order valence-electron chi connectivity index (χ2n) is 4.91. The van der Waals surface area contributed by atoms with Crippen LogP contribution < -0.4 is 10.6 Å². The van der Waals surface area contributed by atoms with E-state index in [4.69, 9.17) is 0 Å². The summed E-state index contributed by atoms with van der Waals surface area (Å²) in [6.45, 7) is 5.56. The minimum Gasteiger partial charge on any atom is -0.357 e. The topological polar surface area (TPSA) is 49.3 Å². The number of halogens is 2. The summed E-state index contributed by atoms with van der Waals surface area (Å²) in [5.41, 5.74) is 2.50. The number of aromatic nitrogens is 1. The summed E-state index contributed by atoms with van der Waals surface area (Å²) in [6, 6.07) is 12.6. The number of pyridine rings is 1. The van der Waals surface area contributed by atoms with Crippen LogP contribution in [0.15, 0.2) is 47.5 Å². The molecule has 2 rings (SSSR count). The van der Waals surface area contributed by atoms with Gasteiger partial charge >= 0.3 is 0 Å². The molecule has 1 aromatic carbocycles. The number of hydrogen-bond donors (Lipinski definition) is 2. The van der Waals surface area contributed by atoms with E-state index in [2.05, 4.69) is 20.6 Å². The van der Waals surface area contributed by atoms with Crippen LogP contribution in [-0.4, -0.2) is 17.5 Å². The van der Waals surface area contributed by atoms with Crippen molar-refractivity contribution < 1.29 is 4.39 Å². The lowest BCUT2D eigenvalue weighted by atomic mass is 10.2. The fourth-order valence-corrected chi connectivity index (χ4v) is 2.00. The molecule has 0 radical (unpaired) electrons. The third-order valence-electron chi connectivity index (χ3n) is 3.09. The number of nitrogens with zero attached hydrogens (tertiary/aromatic N) is 2. The predicted octanol–water partition coefficient (Wildman–Crippen LogP) is 3.40. The lowest BCUT2D eigenvalue weighted by Gasteiger charge is -2.11. The molecule has 0 unspecified atom stereocenters. The molecule has 1 heterocycles. The maximum absolute atomic E-state index is 13.6. The van der Waals surface area contributed by atoms with Crippen LogP contribution in [0, 0.1) is 12.7 Å². The van der Waals surface area contributed by atoms with Gasteiger partial charge in [0, 0.05) is 17.8 Å². The largest absolute Gasteiger partial charge is 0.357 e. The molecule has 124 valence electrons. The molecule has 0 saturated carbocycles. The van der Waals surface area contributed by atoms with Crippen molar-refractivity contribution in [3.8, 4) is 0 Å². The van der Waals surface area contributed by atoms with Crippen molar-refractivity contribution in [2.45, 2.75) is 26.9 Å². The fourth-order valence-electron chi connectivity index (χ4n) is 2.00. The molecule has 1 aromatic heterocycles. The minimum absolute atomic E-state index is 0. The van der Waals surface area contributed by atoms with E-state index in [0.29, 0.717) is 24.6 Å². The predicted molar refractivity (Wildman–Crippen MR) is 102 cm³/mol. The zero-order chi connectivity index (χ0) is 15.8. The summed E-state index contributed by atoms with van der Waals surface area (Å²) in [5.74, 6) is 0.413. The first kappa shape index (κ1) is 19.3. The Morgan fingerprint density at radius 2 is 1.91 bits per heavy atom. The summed E-state index contributed by atoms with van der Waals surface area (Å²) < 4.78 is 13.6. The van der Waals surface area contributed by atoms with E-state index in [1.165, 1.54) is 6.07 Å². The Kier molecular flexibility index (Phi) is 8.53. The normalized spacial score (nSPS) is 10.8. The molecule has 2 aromatic rings. The monoisotopic (exact) mass is 428 g/mol. The van der Waals surface area contributed by atoms with E-state index in [9.17, 15) is 4.39 Å². The highest BCUT2D eigenvalue weighted by molar-refractivity contribution is 14.0. The van der Waals surface area contributed by atoms with Crippen LogP contribution in [0.1, 0.15) is 23.9 Å². The standard InChI is InChI=1S/C17H21FN4.HI/c1-3-19-17(20-11-14-8-4-5-10-16(14)18)21-12-15-9-6-7-13(2)22-15;/h4-10H,3,11-12H2,1-2H3,(H2,19,20,21);1H. The van der Waals surface area contributed by atoms with Crippen molar-refractivity contribution >= 4 is 29.9 Å². The van der Waals surface area contributed by atoms with Crippen molar-refractivity contribution in [1.82, 2.24) is 15.6 Å². The average Bonchev–Trinajstić information content (AvgIpc) is 2.51. The van der Waals surface area contributed by atoms with Gasteiger partial charge in [0.25, 0.3) is 0 Å². The SMILES string of the molecule is CCNC(=NCc1ccccc1F)NCc1cccc(C)n1.I. The number of aliphatic imine (C=N–C) groups is 1. The van der Waals surface area contributed by atoms with E-state index in [0.717, 1.165) is 17.9 Å². The van der Waals surface area contributed by atoms with E-state index in [1.54, 1.807) is 12.1 Å². The van der Waals surface area contributed by atoms with Gasteiger partial charge in [-0.05, 0) is 32.0 Å². The van der Waals surface area contributed by atoms with E-state index < -0.39 is 0 Å². The lowest BCUT2D eigenvalue weighted by molar-refractivity contribution is 0.610. The molecule has 2 N–H and O–H groups in total. The van der Waals surface area contributed by atoms with E-state index in [1.807, 2.05) is 38.1 Å². The summed E-state index contributed by atoms with van der Waals surface area (Å²) in [7, 11) is 0. The minimum atomic E-state index is -0.234. The van der Waals surface area contributed by atoms with Crippen molar-refractivity contribution in [2.24, 2.45) is 4.99 Å². The Hall–Kier alpha value is -1.70. The first-order valence-electron chi connectivity index (χ1n) is 7.37. The van der Waals surface area contributed by atoms with E-state index in [-0.39, 0.29) is 29.8 Å². The second kappa shape index (κ2) is 10.1. The van der Waals surface area contributed by atoms with Crippen LogP contribution in [0.3, 0.4) is 0 Å². The molecule has 6 heteroatoms. The van der Waals surface area contributed by atoms with Gasteiger partial charge in [0.05, 0.1) is 18.8 Å². The molecule has 0 aliphatic heterocycles. The molecule has 0 aliphatic carbocycles. The zero-order valence-corrected chi connectivity index (χ0v) is 15.7. The van der Waals surface area contributed by atoms with Crippen molar-refractivity contribution in [3.05, 3.63) is 65.2 Å². The van der Waals surface area contributed by atoms with Crippen LogP contribution in [0.2, 0.25) is 0 Å². The number of hydrogen-bond acceptors (Lipinski definition) is 2. The molecule has 0 saturated heterocycles. The zero-order valence-electron chi connectivity index (χ0n) is 13.3. The highest BCUT2D eigenvalue weighted by Gasteiger charge is 2.02. The van der Waals surface area contributed by atoms with Gasteiger partial charge in [0.2, 0.25) is 0 Å². The lowest BCUT2D eigenvalue weighted by Crippen LogP contribution is -2.37. The maximum Gasteiger partial charge on any atom is 0.191 e. The summed E-state index contributed by atoms with van der Waals surface area (Å²) in [4.78, 5) is 8.84. The molecule has 0 spiro atoms. The van der Waals surface area contributed by atoms with Gasteiger partial charge in [0.1, 0.15) is 5.82 Å². The van der Waals surface area contributed by atoms with Gasteiger partial charge in [-0.1, -0.05) is 24.3 Å². The third-order valence-corrected chi connectivity index (χ3v) is 3.09. The van der Waals surface area contributed by atoms with Gasteiger partial charge in [-0.25, -0.2) is 9.38 Å². The molecule has 0 bridgehead atoms. The average molecular weight is 428 g/mol. The molecule has 0 amide bonds. The van der Waals surface area contributed by atoms with Gasteiger partial charge in [-0.3, -0.25) is 4.98 Å². The molecule has 23 heavy (non-hydrogen) atoms. The van der Waals surface area contributed by atoms with Crippen LogP contribution in [0.25, 0.3) is 0 Å². The molecular formula is C17H22FIN4. The van der Waals surface area contributed by atoms with Crippen LogP contribution >= 0.6 is 24.0 Å². The highest BCUT2D eigenvalue weighted by atomic mass is 127. The number of benzene rings is 1. The Labute approximate surface area is 153 Å². The van der Waals surface area contributed by atoms with E-state index >= 15 is 0 Å². The van der Waals surface area contributed by atoms with Crippen molar-refractivity contribution in [3.63, 3.8) is 0 Å². The molecule has 0 atom stereocenters. The van der Waals surface area contributed by atoms with Gasteiger partial charge in [0.15, 0.2) is 5.96 Å². The third kappa shape index (κ3) is 6.52. The van der Waals surface area contributed by atoms with Crippen molar-refractivity contribution in [2.75, 3.05) is 6.54 Å². The highest BCUT2D eigenvalue weighted by Crippen LogP contribution is 2.07. The maximum atomic E-state index is 13.6. The summed E-state index contributed by atoms with van der Waals surface area (Å²) >= 11 is 0. The number of aryl methyl sites for hydroxylation is 1. The Morgan fingerprint density at radius 1 is 1.13 bits per heavy atom. The molecule has 4 nitrogen and oxygen atoms in total. The number of rotatable bonds is 5.